The van der Waals surface area contributed by atoms with Gasteiger partial charge in [0.15, 0.2) is 0 Å². The minimum atomic E-state index is -2.78. The Morgan fingerprint density at radius 2 is 1.71 bits per heavy atom. The van der Waals surface area contributed by atoms with Crippen molar-refractivity contribution < 1.29 is 18.6 Å². The topological polar surface area (TPSA) is 48.0 Å². The molecule has 1 aliphatic rings. The minimum Gasteiger partial charge on any atom is -0.395 e. The van der Waals surface area contributed by atoms with Crippen LogP contribution in [0, 0.1) is 0 Å². The highest BCUT2D eigenvalue weighted by Crippen LogP contribution is 2.12. The van der Waals surface area contributed by atoms with Crippen LogP contribution in [-0.2, 0) is 4.74 Å². The maximum atomic E-state index is 13.1. The average Bonchev–Trinajstić information content (AvgIpc) is 2.44. The Bertz CT molecular complexity index is 263. The van der Waals surface area contributed by atoms with Gasteiger partial charge in [-0.2, -0.15) is 0 Å². The molecule has 0 spiro atoms. The molecule has 2 N–H and O–H groups in total. The summed E-state index contributed by atoms with van der Waals surface area (Å²) in [6.45, 7) is 5.52. The molecule has 0 bridgehead atoms. The number of unbranched alkanes of at least 4 members (excludes halogenated alkanes) is 1. The van der Waals surface area contributed by atoms with Crippen molar-refractivity contribution in [3.8, 4) is 0 Å². The molecule has 0 aromatic carbocycles. The summed E-state index contributed by atoms with van der Waals surface area (Å²) in [6.07, 6.45) is 1.78. The summed E-state index contributed by atoms with van der Waals surface area (Å²) in [6, 6.07) is 0. The second-order valence-electron chi connectivity index (χ2n) is 5.55. The maximum absolute atomic E-state index is 13.1. The fraction of sp³-hybridized carbons (Fsp3) is 1.00. The molecule has 0 aromatic heterocycles. The Balaban J connectivity index is 1.95. The van der Waals surface area contributed by atoms with Crippen LogP contribution < -0.4 is 5.32 Å². The van der Waals surface area contributed by atoms with Crippen LogP contribution in [0.15, 0.2) is 0 Å². The van der Waals surface area contributed by atoms with E-state index in [-0.39, 0.29) is 13.2 Å². The molecule has 0 aromatic rings. The molecular formula is C14H29F2N3O2. The van der Waals surface area contributed by atoms with Crippen molar-refractivity contribution in [1.29, 1.82) is 0 Å². The second kappa shape index (κ2) is 10.4. The van der Waals surface area contributed by atoms with E-state index in [4.69, 9.17) is 9.84 Å². The molecule has 126 valence electrons. The number of ether oxygens (including phenoxy) is 1. The number of piperazine rings is 1. The van der Waals surface area contributed by atoms with Crippen LogP contribution in [0.25, 0.3) is 0 Å². The van der Waals surface area contributed by atoms with Crippen LogP contribution >= 0.6 is 0 Å². The number of aliphatic hydroxyl groups excluding tert-OH is 1. The van der Waals surface area contributed by atoms with Crippen molar-refractivity contribution in [2.75, 3.05) is 72.7 Å². The first-order chi connectivity index (χ1) is 10.1. The number of hydrogen-bond acceptors (Lipinski definition) is 5. The molecular weight excluding hydrogens is 280 g/mol. The molecule has 0 atom stereocenters. The van der Waals surface area contributed by atoms with E-state index in [2.05, 4.69) is 15.1 Å². The molecule has 0 radical (unpaired) electrons. The van der Waals surface area contributed by atoms with Crippen LogP contribution in [0.4, 0.5) is 8.78 Å². The number of hydrogen-bond donors (Lipinski definition) is 2. The van der Waals surface area contributed by atoms with E-state index in [0.29, 0.717) is 6.61 Å². The number of β-amino-alcohol motifs (C(OH)–C–C–N with tert-alkyl or cyclic N) is 1. The summed E-state index contributed by atoms with van der Waals surface area (Å²) in [5.41, 5.74) is 0. The normalized spacial score (nSPS) is 18.3. The first-order valence-corrected chi connectivity index (χ1v) is 7.73. The number of alkyl halides is 2. The zero-order chi connectivity index (χ0) is 15.6. The third-order valence-electron chi connectivity index (χ3n) is 3.64. The van der Waals surface area contributed by atoms with Gasteiger partial charge in [0.05, 0.1) is 13.2 Å². The van der Waals surface area contributed by atoms with E-state index in [1.54, 1.807) is 0 Å². The summed E-state index contributed by atoms with van der Waals surface area (Å²) in [5.74, 6) is -2.78. The number of rotatable bonds is 11. The number of halogens is 2. The van der Waals surface area contributed by atoms with Crippen molar-refractivity contribution >= 4 is 0 Å². The minimum absolute atomic E-state index is 0.218. The lowest BCUT2D eigenvalue weighted by Crippen LogP contribution is -2.47. The van der Waals surface area contributed by atoms with Gasteiger partial charge in [0.2, 0.25) is 0 Å². The molecule has 1 fully saturated rings. The summed E-state index contributed by atoms with van der Waals surface area (Å²) in [5, 5.41) is 11.3. The summed E-state index contributed by atoms with van der Waals surface area (Å²) >= 11 is 0. The zero-order valence-corrected chi connectivity index (χ0v) is 13.0. The Labute approximate surface area is 126 Å². The van der Waals surface area contributed by atoms with E-state index >= 15 is 0 Å². The number of nitrogens with zero attached hydrogens (tertiary/aromatic N) is 2. The number of nitrogens with one attached hydrogen (secondary N) is 1. The fourth-order valence-electron chi connectivity index (χ4n) is 2.45. The lowest BCUT2D eigenvalue weighted by atomic mass is 10.2. The second-order valence-corrected chi connectivity index (χ2v) is 5.55. The number of aliphatic hydroxyl groups is 1. The Morgan fingerprint density at radius 3 is 2.29 bits per heavy atom. The smallest absolute Gasteiger partial charge is 0.283 e. The van der Waals surface area contributed by atoms with E-state index in [1.807, 2.05) is 0 Å². The van der Waals surface area contributed by atoms with Gasteiger partial charge in [-0.15, -0.1) is 0 Å². The third-order valence-corrected chi connectivity index (χ3v) is 3.64. The van der Waals surface area contributed by atoms with Gasteiger partial charge in [-0.1, -0.05) is 0 Å². The van der Waals surface area contributed by atoms with E-state index in [9.17, 15) is 8.78 Å². The SMILES string of the molecule is CNCC(F)(F)COCCCCN1CCN(CCO)CC1. The van der Waals surface area contributed by atoms with Crippen molar-refractivity contribution in [3.05, 3.63) is 0 Å². The lowest BCUT2D eigenvalue weighted by Gasteiger charge is -2.34. The van der Waals surface area contributed by atoms with Gasteiger partial charge in [0.1, 0.15) is 6.61 Å². The summed E-state index contributed by atoms with van der Waals surface area (Å²) in [4.78, 5) is 4.63. The van der Waals surface area contributed by atoms with Crippen LogP contribution in [-0.4, -0.2) is 93.5 Å². The first kappa shape index (κ1) is 18.7. The fourth-order valence-corrected chi connectivity index (χ4v) is 2.45. The molecule has 7 heteroatoms. The quantitative estimate of drug-likeness (QED) is 0.536. The Morgan fingerprint density at radius 1 is 1.10 bits per heavy atom. The predicted molar refractivity (Wildman–Crippen MR) is 78.9 cm³/mol. The van der Waals surface area contributed by atoms with Gasteiger partial charge in [0, 0.05) is 39.3 Å². The molecule has 0 aliphatic carbocycles. The largest absolute Gasteiger partial charge is 0.395 e. The van der Waals surface area contributed by atoms with E-state index < -0.39 is 12.5 Å². The van der Waals surface area contributed by atoms with Gasteiger partial charge in [-0.05, 0) is 26.4 Å². The zero-order valence-electron chi connectivity index (χ0n) is 13.0. The molecule has 5 nitrogen and oxygen atoms in total. The van der Waals surface area contributed by atoms with Gasteiger partial charge in [-0.3, -0.25) is 4.90 Å². The highest BCUT2D eigenvalue weighted by Gasteiger charge is 2.27. The highest BCUT2D eigenvalue weighted by atomic mass is 19.3. The summed E-state index contributed by atoms with van der Waals surface area (Å²) < 4.78 is 31.3. The van der Waals surface area contributed by atoms with Gasteiger partial charge in [-0.25, -0.2) is 8.78 Å². The monoisotopic (exact) mass is 309 g/mol. The molecule has 21 heavy (non-hydrogen) atoms. The standard InChI is InChI=1S/C14H29F2N3O2/c1-17-12-14(15,16)13-21-11-3-2-4-18-5-7-19(8-6-18)9-10-20/h17,20H,2-13H2,1H3. The van der Waals surface area contributed by atoms with Crippen LogP contribution in [0.5, 0.6) is 0 Å². The average molecular weight is 309 g/mol. The van der Waals surface area contributed by atoms with Crippen molar-refractivity contribution in [1.82, 2.24) is 15.1 Å². The Kier molecular flexibility index (Phi) is 9.26. The molecule has 1 rings (SSSR count). The Hall–Kier alpha value is -0.340. The first-order valence-electron chi connectivity index (χ1n) is 7.73. The van der Waals surface area contributed by atoms with Gasteiger partial charge in [0.25, 0.3) is 5.92 Å². The molecule has 0 saturated carbocycles. The lowest BCUT2D eigenvalue weighted by molar-refractivity contribution is -0.0742. The predicted octanol–water partition coefficient (Wildman–Crippen LogP) is 0.248. The van der Waals surface area contributed by atoms with Gasteiger partial charge >= 0.3 is 0 Å². The summed E-state index contributed by atoms with van der Waals surface area (Å²) in [7, 11) is 1.51. The molecule has 0 unspecified atom stereocenters. The molecule has 0 amide bonds. The molecule has 1 heterocycles. The molecule has 1 saturated heterocycles. The van der Waals surface area contributed by atoms with E-state index in [1.165, 1.54) is 7.05 Å². The van der Waals surface area contributed by atoms with Crippen molar-refractivity contribution in [2.24, 2.45) is 0 Å². The molecule has 1 aliphatic heterocycles. The van der Waals surface area contributed by atoms with Crippen molar-refractivity contribution in [3.63, 3.8) is 0 Å². The van der Waals surface area contributed by atoms with Crippen LogP contribution in [0.1, 0.15) is 12.8 Å². The van der Waals surface area contributed by atoms with Crippen molar-refractivity contribution in [2.45, 2.75) is 18.8 Å². The van der Waals surface area contributed by atoms with E-state index in [0.717, 1.165) is 52.1 Å². The van der Waals surface area contributed by atoms with Crippen LogP contribution in [0.3, 0.4) is 0 Å². The maximum Gasteiger partial charge on any atom is 0.283 e. The third kappa shape index (κ3) is 8.63. The van der Waals surface area contributed by atoms with Crippen LogP contribution in [0.2, 0.25) is 0 Å². The highest BCUT2D eigenvalue weighted by molar-refractivity contribution is 4.71. The van der Waals surface area contributed by atoms with Gasteiger partial charge < -0.3 is 20.1 Å².